The van der Waals surface area contributed by atoms with Gasteiger partial charge in [0.1, 0.15) is 0 Å². The molecule has 4 rings (SSSR count). The number of sulfonamides is 2. The van der Waals surface area contributed by atoms with Gasteiger partial charge in [-0.1, -0.05) is 52.3 Å². The van der Waals surface area contributed by atoms with Crippen LogP contribution in [0.2, 0.25) is 0 Å². The minimum atomic E-state index is -3.85. The first-order valence-electron chi connectivity index (χ1n) is 9.14. The maximum atomic E-state index is 12.8. The van der Waals surface area contributed by atoms with Crippen molar-refractivity contribution in [3.63, 3.8) is 0 Å². The summed E-state index contributed by atoms with van der Waals surface area (Å²) in [5, 5.41) is 1.70. The first-order valence-corrected chi connectivity index (χ1v) is 12.9. The monoisotopic (exact) mass is 516 g/mol. The lowest BCUT2D eigenvalue weighted by molar-refractivity contribution is 0.600. The molecule has 6 nitrogen and oxygen atoms in total. The molecule has 31 heavy (non-hydrogen) atoms. The van der Waals surface area contributed by atoms with Crippen molar-refractivity contribution >= 4 is 58.1 Å². The fourth-order valence-electron chi connectivity index (χ4n) is 3.05. The molecule has 0 saturated heterocycles. The smallest absolute Gasteiger partial charge is 0.261 e. The molecule has 4 aromatic carbocycles. The van der Waals surface area contributed by atoms with E-state index in [1.54, 1.807) is 24.3 Å². The van der Waals surface area contributed by atoms with Gasteiger partial charge in [0, 0.05) is 15.5 Å². The summed E-state index contributed by atoms with van der Waals surface area (Å²) in [5.74, 6) is 0. The van der Waals surface area contributed by atoms with E-state index in [1.165, 1.54) is 36.4 Å². The van der Waals surface area contributed by atoms with Crippen LogP contribution in [0.4, 0.5) is 11.4 Å². The highest BCUT2D eigenvalue weighted by Crippen LogP contribution is 2.26. The number of fused-ring (bicyclic) bond motifs is 1. The Labute approximate surface area is 189 Å². The standard InChI is InChI=1S/C22H17BrN2O4S2/c23-17-8-12-19(13-9-17)30(26,27)24-18-10-14-20(15-11-18)31(28,29)25-22-7-3-5-16-4-1-2-6-21(16)22/h1-15,24-25H. The van der Waals surface area contributed by atoms with Crippen molar-refractivity contribution in [2.24, 2.45) is 0 Å². The molecule has 0 heterocycles. The van der Waals surface area contributed by atoms with Gasteiger partial charge < -0.3 is 0 Å². The SMILES string of the molecule is O=S(=O)(Nc1ccc(S(=O)(=O)Nc2cccc3ccccc23)cc1)c1ccc(Br)cc1. The summed E-state index contributed by atoms with van der Waals surface area (Å²) in [6, 6.07) is 24.6. The molecule has 0 amide bonds. The molecule has 0 aromatic heterocycles. The number of hydrogen-bond acceptors (Lipinski definition) is 4. The third kappa shape index (κ3) is 4.73. The van der Waals surface area contributed by atoms with Gasteiger partial charge in [0.2, 0.25) is 0 Å². The molecule has 0 aliphatic carbocycles. The van der Waals surface area contributed by atoms with Gasteiger partial charge in [-0.15, -0.1) is 0 Å². The lowest BCUT2D eigenvalue weighted by atomic mass is 10.1. The highest BCUT2D eigenvalue weighted by Gasteiger charge is 2.17. The van der Waals surface area contributed by atoms with Gasteiger partial charge >= 0.3 is 0 Å². The van der Waals surface area contributed by atoms with Gasteiger partial charge in [-0.25, -0.2) is 16.8 Å². The number of benzene rings is 4. The molecule has 9 heteroatoms. The van der Waals surface area contributed by atoms with Crippen LogP contribution in [-0.4, -0.2) is 16.8 Å². The highest BCUT2D eigenvalue weighted by atomic mass is 79.9. The molecule has 0 radical (unpaired) electrons. The van der Waals surface area contributed by atoms with E-state index in [-0.39, 0.29) is 15.5 Å². The second-order valence-corrected chi connectivity index (χ2v) is 11.0. The van der Waals surface area contributed by atoms with Crippen LogP contribution >= 0.6 is 15.9 Å². The Morgan fingerprint density at radius 3 is 1.81 bits per heavy atom. The lowest BCUT2D eigenvalue weighted by Gasteiger charge is -2.12. The lowest BCUT2D eigenvalue weighted by Crippen LogP contribution is -2.14. The predicted molar refractivity (Wildman–Crippen MR) is 126 cm³/mol. The van der Waals surface area contributed by atoms with Crippen molar-refractivity contribution in [1.29, 1.82) is 0 Å². The van der Waals surface area contributed by atoms with Crippen molar-refractivity contribution in [2.45, 2.75) is 9.79 Å². The van der Waals surface area contributed by atoms with Crippen LogP contribution in [0.1, 0.15) is 0 Å². The number of rotatable bonds is 6. The van der Waals surface area contributed by atoms with Crippen LogP contribution in [0.5, 0.6) is 0 Å². The number of halogens is 1. The average Bonchev–Trinajstić information content (AvgIpc) is 2.74. The number of hydrogen-bond donors (Lipinski definition) is 2. The molecule has 0 saturated carbocycles. The van der Waals surface area contributed by atoms with Gasteiger partial charge in [0.05, 0.1) is 15.5 Å². The van der Waals surface area contributed by atoms with Crippen LogP contribution < -0.4 is 9.44 Å². The largest absolute Gasteiger partial charge is 0.280 e. The summed E-state index contributed by atoms with van der Waals surface area (Å²) >= 11 is 3.26. The first-order chi connectivity index (χ1) is 14.7. The Bertz CT molecular complexity index is 1450. The van der Waals surface area contributed by atoms with Crippen LogP contribution in [0.3, 0.4) is 0 Å². The Balaban J connectivity index is 1.56. The molecule has 0 unspecified atom stereocenters. The summed E-state index contributed by atoms with van der Waals surface area (Å²) in [4.78, 5) is 0.122. The molecular formula is C22H17BrN2O4S2. The van der Waals surface area contributed by atoms with E-state index in [0.29, 0.717) is 5.69 Å². The van der Waals surface area contributed by atoms with Gasteiger partial charge in [-0.3, -0.25) is 9.44 Å². The summed E-state index contributed by atoms with van der Waals surface area (Å²) in [7, 11) is -7.64. The minimum absolute atomic E-state index is 0.0204. The Kier molecular flexibility index (Phi) is 5.74. The molecule has 2 N–H and O–H groups in total. The van der Waals surface area contributed by atoms with Gasteiger partial charge in [-0.2, -0.15) is 0 Å². The maximum absolute atomic E-state index is 12.8. The average molecular weight is 517 g/mol. The van der Waals surface area contributed by atoms with Crippen molar-refractivity contribution in [3.05, 3.63) is 95.5 Å². The zero-order valence-electron chi connectivity index (χ0n) is 16.0. The zero-order valence-corrected chi connectivity index (χ0v) is 19.2. The summed E-state index contributed by atoms with van der Waals surface area (Å²) in [6.45, 7) is 0. The fourth-order valence-corrected chi connectivity index (χ4v) is 5.45. The predicted octanol–water partition coefficient (Wildman–Crippen LogP) is 5.20. The van der Waals surface area contributed by atoms with Gasteiger partial charge in [0.25, 0.3) is 20.0 Å². The third-order valence-electron chi connectivity index (χ3n) is 4.57. The number of anilines is 2. The van der Waals surface area contributed by atoms with E-state index in [0.717, 1.165) is 15.2 Å². The minimum Gasteiger partial charge on any atom is -0.280 e. The van der Waals surface area contributed by atoms with Crippen LogP contribution in [0.25, 0.3) is 10.8 Å². The van der Waals surface area contributed by atoms with E-state index in [9.17, 15) is 16.8 Å². The zero-order chi connectivity index (χ0) is 22.1. The van der Waals surface area contributed by atoms with Crippen molar-refractivity contribution in [3.8, 4) is 0 Å². The molecular weight excluding hydrogens is 500 g/mol. The molecule has 0 bridgehead atoms. The van der Waals surface area contributed by atoms with E-state index in [4.69, 9.17) is 0 Å². The normalized spacial score (nSPS) is 11.9. The molecule has 0 aliphatic rings. The van der Waals surface area contributed by atoms with Crippen LogP contribution in [0, 0.1) is 0 Å². The summed E-state index contributed by atoms with van der Waals surface area (Å²) < 4.78 is 56.5. The maximum Gasteiger partial charge on any atom is 0.261 e. The van der Waals surface area contributed by atoms with Crippen molar-refractivity contribution in [1.82, 2.24) is 0 Å². The molecule has 0 aliphatic heterocycles. The second kappa shape index (κ2) is 8.33. The molecule has 158 valence electrons. The van der Waals surface area contributed by atoms with Crippen molar-refractivity contribution < 1.29 is 16.8 Å². The Morgan fingerprint density at radius 1 is 0.581 bits per heavy atom. The van der Waals surface area contributed by atoms with E-state index in [1.807, 2.05) is 30.3 Å². The third-order valence-corrected chi connectivity index (χ3v) is 7.88. The van der Waals surface area contributed by atoms with Gasteiger partial charge in [0.15, 0.2) is 0 Å². The molecule has 0 fully saturated rings. The topological polar surface area (TPSA) is 92.3 Å². The molecule has 0 atom stereocenters. The summed E-state index contributed by atoms with van der Waals surface area (Å²) in [6.07, 6.45) is 0. The Morgan fingerprint density at radius 2 is 1.13 bits per heavy atom. The highest BCUT2D eigenvalue weighted by molar-refractivity contribution is 9.10. The second-order valence-electron chi connectivity index (χ2n) is 6.72. The van der Waals surface area contributed by atoms with E-state index >= 15 is 0 Å². The molecule has 4 aromatic rings. The quantitative estimate of drug-likeness (QED) is 0.368. The van der Waals surface area contributed by atoms with Crippen LogP contribution in [0.15, 0.2) is 105 Å². The molecule has 0 spiro atoms. The Hall–Kier alpha value is -2.88. The van der Waals surface area contributed by atoms with Gasteiger partial charge in [-0.05, 0) is 60.0 Å². The summed E-state index contributed by atoms with van der Waals surface area (Å²) in [5.41, 5.74) is 0.727. The fraction of sp³-hybridized carbons (Fsp3) is 0. The van der Waals surface area contributed by atoms with Crippen molar-refractivity contribution in [2.75, 3.05) is 9.44 Å². The number of nitrogens with one attached hydrogen (secondary N) is 2. The van der Waals surface area contributed by atoms with Crippen LogP contribution in [-0.2, 0) is 20.0 Å². The van der Waals surface area contributed by atoms with E-state index < -0.39 is 20.0 Å². The van der Waals surface area contributed by atoms with E-state index in [2.05, 4.69) is 25.4 Å². The first kappa shape index (κ1) is 21.4.